The molecule has 4 fully saturated rings. The van der Waals surface area contributed by atoms with Gasteiger partial charge in [0.25, 0.3) is 0 Å². The van der Waals surface area contributed by atoms with Gasteiger partial charge in [0, 0.05) is 39.1 Å². The molecule has 3 N–H and O–H groups in total. The minimum absolute atomic E-state index is 0.224. The zero-order valence-electron chi connectivity index (χ0n) is 24.8. The predicted molar refractivity (Wildman–Crippen MR) is 160 cm³/mol. The smallest absolute Gasteiger partial charge is 0.329 e. The van der Waals surface area contributed by atoms with Crippen molar-refractivity contribution in [1.82, 2.24) is 29.2 Å². The number of amides is 3. The molecule has 1 unspecified atom stereocenters. The van der Waals surface area contributed by atoms with E-state index in [4.69, 9.17) is 5.73 Å². The van der Waals surface area contributed by atoms with Crippen LogP contribution in [0.5, 0.6) is 0 Å². The number of hydrogen-bond acceptors (Lipinski definition) is 7. The van der Waals surface area contributed by atoms with Crippen LogP contribution >= 0.6 is 0 Å². The second-order valence-corrected chi connectivity index (χ2v) is 12.9. The molecule has 4 saturated heterocycles. The molecule has 0 radical (unpaired) electrons. The monoisotopic (exact) mass is 579 g/mol. The number of benzene rings is 1. The first-order chi connectivity index (χ1) is 20.3. The zero-order valence-corrected chi connectivity index (χ0v) is 24.8. The average molecular weight is 580 g/mol. The van der Waals surface area contributed by atoms with Crippen molar-refractivity contribution in [2.24, 2.45) is 18.7 Å². The maximum absolute atomic E-state index is 13.1. The van der Waals surface area contributed by atoms with Crippen molar-refractivity contribution in [1.29, 1.82) is 0 Å². The van der Waals surface area contributed by atoms with Crippen LogP contribution in [0.1, 0.15) is 68.9 Å². The van der Waals surface area contributed by atoms with Crippen LogP contribution in [-0.2, 0) is 21.4 Å². The van der Waals surface area contributed by atoms with E-state index in [1.807, 2.05) is 11.0 Å². The highest BCUT2D eigenvalue weighted by Crippen LogP contribution is 2.32. The summed E-state index contributed by atoms with van der Waals surface area (Å²) in [5.74, 6) is 0.693. The number of carbonyl (C=O) groups excluding carboxylic acids is 3. The Bertz CT molecular complexity index is 1380. The maximum Gasteiger partial charge on any atom is 0.329 e. The molecule has 0 aliphatic carbocycles. The third kappa shape index (κ3) is 6.05. The van der Waals surface area contributed by atoms with Crippen LogP contribution in [0.15, 0.2) is 23.0 Å². The van der Waals surface area contributed by atoms with Gasteiger partial charge in [-0.1, -0.05) is 6.07 Å². The molecule has 5 heterocycles. The number of fused-ring (bicyclic) bond motifs is 1. The highest BCUT2D eigenvalue weighted by atomic mass is 16.2. The lowest BCUT2D eigenvalue weighted by Gasteiger charge is -2.38. The first-order valence-electron chi connectivity index (χ1n) is 15.8. The molecule has 1 atom stereocenters. The van der Waals surface area contributed by atoms with Crippen LogP contribution < -0.4 is 16.7 Å². The van der Waals surface area contributed by atoms with E-state index in [0.717, 1.165) is 95.4 Å². The minimum Gasteiger partial charge on any atom is -0.341 e. The molecule has 4 aliphatic rings. The van der Waals surface area contributed by atoms with Crippen LogP contribution in [0.3, 0.4) is 0 Å². The number of nitrogens with zero attached hydrogens (tertiary/aromatic N) is 5. The summed E-state index contributed by atoms with van der Waals surface area (Å²) in [5.41, 5.74) is 8.58. The molecule has 228 valence electrons. The fourth-order valence-electron chi connectivity index (χ4n) is 7.45. The molecule has 1 aromatic carbocycles. The summed E-state index contributed by atoms with van der Waals surface area (Å²) in [6.07, 6.45) is 6.87. The van der Waals surface area contributed by atoms with Gasteiger partial charge in [0.05, 0.1) is 17.6 Å². The Morgan fingerprint density at radius 2 is 1.57 bits per heavy atom. The van der Waals surface area contributed by atoms with Crippen LogP contribution in [0.25, 0.3) is 11.0 Å². The minimum atomic E-state index is -0.658. The van der Waals surface area contributed by atoms with Gasteiger partial charge in [0.15, 0.2) is 0 Å². The molecule has 3 amide bonds. The summed E-state index contributed by atoms with van der Waals surface area (Å²) in [5, 5.41) is 2.38. The van der Waals surface area contributed by atoms with Gasteiger partial charge in [-0.3, -0.25) is 33.7 Å². The Morgan fingerprint density at radius 3 is 2.26 bits per heavy atom. The van der Waals surface area contributed by atoms with Gasteiger partial charge in [0.1, 0.15) is 6.04 Å². The van der Waals surface area contributed by atoms with E-state index in [1.54, 1.807) is 16.2 Å². The number of nitrogens with two attached hydrogens (primary N) is 1. The van der Waals surface area contributed by atoms with Gasteiger partial charge >= 0.3 is 5.69 Å². The molecular formula is C31H45N7O4. The molecule has 0 saturated carbocycles. The molecule has 0 spiro atoms. The Morgan fingerprint density at radius 1 is 0.881 bits per heavy atom. The number of likely N-dealkylation sites (tertiary alicyclic amines) is 3. The van der Waals surface area contributed by atoms with Crippen molar-refractivity contribution < 1.29 is 14.4 Å². The first kappa shape index (κ1) is 29.1. The molecule has 0 bridgehead atoms. The van der Waals surface area contributed by atoms with Crippen LogP contribution in [-0.4, -0.2) is 100.0 Å². The third-order valence-corrected chi connectivity index (χ3v) is 10.2. The summed E-state index contributed by atoms with van der Waals surface area (Å²) in [6, 6.07) is 5.79. The Hall–Kier alpha value is -3.02. The molecular weight excluding hydrogens is 534 g/mol. The number of imide groups is 1. The van der Waals surface area contributed by atoms with Gasteiger partial charge in [-0.25, -0.2) is 4.79 Å². The summed E-state index contributed by atoms with van der Waals surface area (Å²) in [7, 11) is 1.75. The van der Waals surface area contributed by atoms with Crippen LogP contribution in [0.4, 0.5) is 0 Å². The lowest BCUT2D eigenvalue weighted by atomic mass is 9.88. The van der Waals surface area contributed by atoms with E-state index >= 15 is 0 Å². The predicted octanol–water partition coefficient (Wildman–Crippen LogP) is 1.16. The van der Waals surface area contributed by atoms with Gasteiger partial charge in [-0.2, -0.15) is 0 Å². The van der Waals surface area contributed by atoms with Crippen molar-refractivity contribution in [3.05, 3.63) is 34.2 Å². The molecule has 1 aromatic heterocycles. The fraction of sp³-hybridized carbons (Fsp3) is 0.677. The molecule has 2 aromatic rings. The average Bonchev–Trinajstić information content (AvgIpc) is 3.23. The second-order valence-electron chi connectivity index (χ2n) is 12.9. The van der Waals surface area contributed by atoms with Crippen molar-refractivity contribution in [2.45, 2.75) is 69.4 Å². The number of piperidine rings is 4. The van der Waals surface area contributed by atoms with Crippen LogP contribution in [0.2, 0.25) is 0 Å². The molecule has 11 heteroatoms. The van der Waals surface area contributed by atoms with Gasteiger partial charge in [-0.05, 0) is 101 Å². The normalized spacial score (nSPS) is 24.4. The Kier molecular flexibility index (Phi) is 8.51. The number of hydrogen-bond donors (Lipinski definition) is 2. The van der Waals surface area contributed by atoms with Gasteiger partial charge < -0.3 is 15.5 Å². The summed E-state index contributed by atoms with van der Waals surface area (Å²) < 4.78 is 3.17. The van der Waals surface area contributed by atoms with Gasteiger partial charge in [-0.15, -0.1) is 0 Å². The lowest BCUT2D eigenvalue weighted by molar-refractivity contribution is -0.136. The number of aromatic nitrogens is 2. The SMILES string of the molecule is Cn1c(=O)n(C2CCC(=O)NC2=O)c2ccc(C3CCN(CC4CCN(CC(=O)N5CCC(N)CC5)CC4)CC3)cc21. The van der Waals surface area contributed by atoms with E-state index in [2.05, 4.69) is 27.2 Å². The summed E-state index contributed by atoms with van der Waals surface area (Å²) in [4.78, 5) is 56.9. The van der Waals surface area contributed by atoms with E-state index in [0.29, 0.717) is 24.8 Å². The zero-order chi connectivity index (χ0) is 29.4. The van der Waals surface area contributed by atoms with E-state index in [9.17, 15) is 19.2 Å². The highest BCUT2D eigenvalue weighted by Gasteiger charge is 2.32. The third-order valence-electron chi connectivity index (χ3n) is 10.2. The molecule has 42 heavy (non-hydrogen) atoms. The van der Waals surface area contributed by atoms with Crippen LogP contribution in [0, 0.1) is 5.92 Å². The Labute approximate surface area is 247 Å². The standard InChI is InChI=1S/C31H45N7O4/c1-34-27-18-23(2-3-25(27)38(31(34)42)26-4-5-28(39)33-30(26)41)22-8-14-35(15-9-22)19-21-6-12-36(13-7-21)20-29(40)37-16-10-24(32)11-17-37/h2-3,18,21-22,24,26H,4-17,19-20,32H2,1H3,(H,33,39,41). The fourth-order valence-corrected chi connectivity index (χ4v) is 7.45. The van der Waals surface area contributed by atoms with E-state index < -0.39 is 11.9 Å². The van der Waals surface area contributed by atoms with E-state index in [1.165, 1.54) is 5.56 Å². The second kappa shape index (κ2) is 12.3. The topological polar surface area (TPSA) is 126 Å². The summed E-state index contributed by atoms with van der Waals surface area (Å²) >= 11 is 0. The molecule has 11 nitrogen and oxygen atoms in total. The molecule has 6 rings (SSSR count). The quantitative estimate of drug-likeness (QED) is 0.492. The van der Waals surface area contributed by atoms with Crippen molar-refractivity contribution in [3.8, 4) is 0 Å². The number of rotatable bonds is 6. The Balaban J connectivity index is 0.996. The van der Waals surface area contributed by atoms with E-state index in [-0.39, 0.29) is 30.0 Å². The van der Waals surface area contributed by atoms with Crippen molar-refractivity contribution in [2.75, 3.05) is 52.4 Å². The largest absolute Gasteiger partial charge is 0.341 e. The maximum atomic E-state index is 13.1. The highest BCUT2D eigenvalue weighted by molar-refractivity contribution is 6.00. The summed E-state index contributed by atoms with van der Waals surface area (Å²) in [6.45, 7) is 7.39. The number of nitrogens with one attached hydrogen (secondary N) is 1. The number of carbonyl (C=O) groups is 3. The van der Waals surface area contributed by atoms with Gasteiger partial charge in [0.2, 0.25) is 17.7 Å². The molecule has 4 aliphatic heterocycles. The van der Waals surface area contributed by atoms with Crippen molar-refractivity contribution >= 4 is 28.8 Å². The number of aryl methyl sites for hydroxylation is 1. The lowest BCUT2D eigenvalue weighted by Crippen LogP contribution is -2.48. The number of imidazole rings is 1. The first-order valence-corrected chi connectivity index (χ1v) is 15.8. The van der Waals surface area contributed by atoms with Crippen molar-refractivity contribution in [3.63, 3.8) is 0 Å².